The van der Waals surface area contributed by atoms with E-state index in [1.165, 1.54) is 17.0 Å². The predicted octanol–water partition coefficient (Wildman–Crippen LogP) is 5.24. The van der Waals surface area contributed by atoms with Crippen LogP contribution in [0.5, 0.6) is 5.75 Å². The van der Waals surface area contributed by atoms with Crippen molar-refractivity contribution in [2.24, 2.45) is 0 Å². The van der Waals surface area contributed by atoms with Gasteiger partial charge in [0, 0.05) is 5.69 Å². The van der Waals surface area contributed by atoms with Gasteiger partial charge in [0.2, 0.25) is 0 Å². The van der Waals surface area contributed by atoms with Crippen LogP contribution in [-0.4, -0.2) is 18.4 Å². The largest absolute Gasteiger partial charge is 0.494 e. The lowest BCUT2D eigenvalue weighted by Crippen LogP contribution is -2.33. The quantitative estimate of drug-likeness (QED) is 0.544. The highest BCUT2D eigenvalue weighted by molar-refractivity contribution is 6.46. The number of hydrogen-bond acceptors (Lipinski definition) is 4. The molecule has 3 aromatic carbocycles. The Morgan fingerprint density at radius 3 is 2.34 bits per heavy atom. The molecule has 0 aromatic heterocycles. The van der Waals surface area contributed by atoms with Gasteiger partial charge in [0.15, 0.2) is 0 Å². The molecule has 0 saturated carbocycles. The summed E-state index contributed by atoms with van der Waals surface area (Å²) in [5.74, 6) is -0.704. The summed E-state index contributed by atoms with van der Waals surface area (Å²) in [7, 11) is 0. The zero-order valence-electron chi connectivity index (χ0n) is 18.1. The van der Waals surface area contributed by atoms with Crippen LogP contribution in [-0.2, 0) is 9.59 Å². The van der Waals surface area contributed by atoms with Gasteiger partial charge in [-0.15, -0.1) is 0 Å². The van der Waals surface area contributed by atoms with Crippen molar-refractivity contribution in [2.75, 3.05) is 16.8 Å². The number of nitrogens with zero attached hydrogens (tertiary/aromatic N) is 1. The summed E-state index contributed by atoms with van der Waals surface area (Å²) in [6.07, 6.45) is 0. The Balaban J connectivity index is 1.82. The smallest absolute Gasteiger partial charge is 0.282 e. The molecule has 0 radical (unpaired) electrons. The molecular formula is C26H23FN2O3. The van der Waals surface area contributed by atoms with Crippen molar-refractivity contribution in [3.05, 3.63) is 94.9 Å². The number of benzene rings is 3. The second-order valence-corrected chi connectivity index (χ2v) is 7.51. The standard InChI is InChI=1S/C26H23FN2O3/c1-4-32-21-13-11-18(12-14-21)23-24(28-20-9-6-8-19(27)15-20)26(31)29(25(23)30)22-10-5-7-16(2)17(22)3/h5-15,28H,4H2,1-3H3. The maximum atomic E-state index is 13.8. The van der Waals surface area contributed by atoms with Gasteiger partial charge in [-0.25, -0.2) is 9.29 Å². The Bertz CT molecular complexity index is 1230. The number of imide groups is 1. The number of amides is 2. The van der Waals surface area contributed by atoms with Gasteiger partial charge in [0.05, 0.1) is 17.9 Å². The van der Waals surface area contributed by atoms with Crippen LogP contribution in [0, 0.1) is 19.7 Å². The van der Waals surface area contributed by atoms with Gasteiger partial charge in [0.25, 0.3) is 11.8 Å². The number of halogens is 1. The molecule has 0 atom stereocenters. The summed E-state index contributed by atoms with van der Waals surface area (Å²) in [6.45, 7) is 6.21. The fourth-order valence-electron chi connectivity index (χ4n) is 3.71. The fraction of sp³-hybridized carbons (Fsp3) is 0.154. The minimum absolute atomic E-state index is 0.102. The van der Waals surface area contributed by atoms with Gasteiger partial charge in [-0.1, -0.05) is 30.3 Å². The van der Waals surface area contributed by atoms with E-state index in [1.807, 2.05) is 32.9 Å². The number of anilines is 2. The lowest BCUT2D eigenvalue weighted by Gasteiger charge is -2.19. The van der Waals surface area contributed by atoms with Crippen LogP contribution >= 0.6 is 0 Å². The molecule has 1 heterocycles. The van der Waals surface area contributed by atoms with Gasteiger partial charge >= 0.3 is 0 Å². The lowest BCUT2D eigenvalue weighted by molar-refractivity contribution is -0.120. The average molecular weight is 430 g/mol. The van der Waals surface area contributed by atoms with Gasteiger partial charge in [-0.3, -0.25) is 9.59 Å². The van der Waals surface area contributed by atoms with Crippen LogP contribution in [0.4, 0.5) is 15.8 Å². The Kier molecular flexibility index (Phi) is 5.77. The van der Waals surface area contributed by atoms with Gasteiger partial charge in [-0.2, -0.15) is 0 Å². The normalized spacial score (nSPS) is 13.7. The van der Waals surface area contributed by atoms with E-state index in [-0.39, 0.29) is 11.3 Å². The van der Waals surface area contributed by atoms with Gasteiger partial charge in [-0.05, 0) is 73.9 Å². The first-order chi connectivity index (χ1) is 15.4. The third-order valence-corrected chi connectivity index (χ3v) is 5.45. The predicted molar refractivity (Wildman–Crippen MR) is 123 cm³/mol. The Morgan fingerprint density at radius 2 is 1.66 bits per heavy atom. The second-order valence-electron chi connectivity index (χ2n) is 7.51. The van der Waals surface area contributed by atoms with E-state index in [0.717, 1.165) is 11.1 Å². The topological polar surface area (TPSA) is 58.6 Å². The van der Waals surface area contributed by atoms with E-state index in [1.54, 1.807) is 42.5 Å². The Morgan fingerprint density at radius 1 is 0.938 bits per heavy atom. The monoisotopic (exact) mass is 430 g/mol. The Labute approximate surface area is 186 Å². The van der Waals surface area contributed by atoms with E-state index in [0.29, 0.717) is 29.3 Å². The van der Waals surface area contributed by atoms with Crippen LogP contribution in [0.3, 0.4) is 0 Å². The number of rotatable bonds is 6. The minimum Gasteiger partial charge on any atom is -0.494 e. The number of aryl methyl sites for hydroxylation is 1. The first-order valence-corrected chi connectivity index (χ1v) is 10.4. The van der Waals surface area contributed by atoms with E-state index in [9.17, 15) is 14.0 Å². The van der Waals surface area contributed by atoms with Crippen LogP contribution < -0.4 is 15.0 Å². The van der Waals surface area contributed by atoms with Crippen molar-refractivity contribution >= 4 is 28.8 Å². The summed E-state index contributed by atoms with van der Waals surface area (Å²) in [5, 5.41) is 2.98. The molecule has 2 amide bonds. The van der Waals surface area contributed by atoms with E-state index < -0.39 is 17.6 Å². The van der Waals surface area contributed by atoms with Crippen molar-refractivity contribution in [1.82, 2.24) is 0 Å². The van der Waals surface area contributed by atoms with Crippen LogP contribution in [0.1, 0.15) is 23.6 Å². The van der Waals surface area contributed by atoms with Crippen molar-refractivity contribution in [3.63, 3.8) is 0 Å². The highest BCUT2D eigenvalue weighted by Gasteiger charge is 2.41. The van der Waals surface area contributed by atoms with Crippen molar-refractivity contribution in [2.45, 2.75) is 20.8 Å². The summed E-state index contributed by atoms with van der Waals surface area (Å²) >= 11 is 0. The van der Waals surface area contributed by atoms with Crippen molar-refractivity contribution in [3.8, 4) is 5.75 Å². The molecule has 3 aromatic rings. The molecule has 32 heavy (non-hydrogen) atoms. The van der Waals surface area contributed by atoms with Gasteiger partial charge in [0.1, 0.15) is 17.3 Å². The molecule has 0 fully saturated rings. The molecule has 0 aliphatic carbocycles. The van der Waals surface area contributed by atoms with E-state index >= 15 is 0 Å². The highest BCUT2D eigenvalue weighted by Crippen LogP contribution is 2.36. The SMILES string of the molecule is CCOc1ccc(C2=C(Nc3cccc(F)c3)C(=O)N(c3cccc(C)c3C)C2=O)cc1. The van der Waals surface area contributed by atoms with Crippen LogP contribution in [0.15, 0.2) is 72.4 Å². The molecule has 4 rings (SSSR count). The summed E-state index contributed by atoms with van der Waals surface area (Å²) in [5.41, 5.74) is 3.61. The molecule has 5 nitrogen and oxygen atoms in total. The molecular weight excluding hydrogens is 407 g/mol. The molecule has 1 aliphatic heterocycles. The molecule has 0 spiro atoms. The maximum Gasteiger partial charge on any atom is 0.282 e. The van der Waals surface area contributed by atoms with Crippen molar-refractivity contribution < 1.29 is 18.7 Å². The molecule has 0 saturated heterocycles. The zero-order valence-corrected chi connectivity index (χ0v) is 18.1. The van der Waals surface area contributed by atoms with Crippen LogP contribution in [0.25, 0.3) is 5.57 Å². The Hall–Kier alpha value is -3.93. The minimum atomic E-state index is -0.489. The average Bonchev–Trinajstić information content (AvgIpc) is 3.01. The zero-order chi connectivity index (χ0) is 22.8. The van der Waals surface area contributed by atoms with Gasteiger partial charge < -0.3 is 10.1 Å². The molecule has 1 N–H and O–H groups in total. The number of carbonyl (C=O) groups is 2. The molecule has 0 unspecified atom stereocenters. The molecule has 162 valence electrons. The summed E-state index contributed by atoms with van der Waals surface area (Å²) in [6, 6.07) is 18.3. The fourth-order valence-corrected chi connectivity index (χ4v) is 3.71. The first-order valence-electron chi connectivity index (χ1n) is 10.4. The summed E-state index contributed by atoms with van der Waals surface area (Å²) in [4.78, 5) is 28.2. The third-order valence-electron chi connectivity index (χ3n) is 5.45. The number of carbonyl (C=O) groups excluding carboxylic acids is 2. The summed E-state index contributed by atoms with van der Waals surface area (Å²) < 4.78 is 19.2. The van der Waals surface area contributed by atoms with Crippen LogP contribution in [0.2, 0.25) is 0 Å². The number of hydrogen-bond donors (Lipinski definition) is 1. The lowest BCUT2D eigenvalue weighted by atomic mass is 10.0. The second kappa shape index (κ2) is 8.67. The van der Waals surface area contributed by atoms with E-state index in [4.69, 9.17) is 4.74 Å². The first kappa shape index (κ1) is 21.3. The van der Waals surface area contributed by atoms with E-state index in [2.05, 4.69) is 5.32 Å². The molecule has 0 bridgehead atoms. The molecule has 6 heteroatoms. The van der Waals surface area contributed by atoms with Crippen molar-refractivity contribution in [1.29, 1.82) is 0 Å². The number of nitrogens with one attached hydrogen (secondary N) is 1. The highest BCUT2D eigenvalue weighted by atomic mass is 19.1. The number of ether oxygens (including phenoxy) is 1. The third kappa shape index (κ3) is 3.87. The maximum absolute atomic E-state index is 13.8. The molecule has 1 aliphatic rings.